The Labute approximate surface area is 361 Å². The van der Waals surface area contributed by atoms with Crippen LogP contribution in [0.3, 0.4) is 0 Å². The Balaban J connectivity index is 4.40. The Morgan fingerprint density at radius 1 is 0.542 bits per heavy atom. The molecule has 0 amide bonds. The number of carbonyl (C=O) groups excluding carboxylic acids is 2. The van der Waals surface area contributed by atoms with E-state index in [4.69, 9.17) is 14.2 Å². The molecule has 0 saturated heterocycles. The number of likely N-dealkylation sites (N-methyl/N-ethyl adjacent to an activating group) is 1. The number of ether oxygens (including phenoxy) is 3. The first-order valence-electron chi connectivity index (χ1n) is 23.1. The van der Waals surface area contributed by atoms with Crippen LogP contribution in [0.25, 0.3) is 0 Å². The fourth-order valence-corrected chi connectivity index (χ4v) is 6.22. The van der Waals surface area contributed by atoms with Crippen molar-refractivity contribution in [1.29, 1.82) is 0 Å². The van der Waals surface area contributed by atoms with Crippen LogP contribution in [-0.2, 0) is 28.6 Å². The average Bonchev–Trinajstić information content (AvgIpc) is 3.19. The summed E-state index contributed by atoms with van der Waals surface area (Å²) < 4.78 is 17.3. The van der Waals surface area contributed by atoms with E-state index in [1.54, 1.807) is 0 Å². The largest absolute Gasteiger partial charge is 0.477 e. The van der Waals surface area contributed by atoms with Crippen molar-refractivity contribution in [3.8, 4) is 0 Å². The van der Waals surface area contributed by atoms with Gasteiger partial charge in [0.1, 0.15) is 6.61 Å². The van der Waals surface area contributed by atoms with E-state index in [9.17, 15) is 19.5 Å². The lowest BCUT2D eigenvalue weighted by Gasteiger charge is -2.31. The van der Waals surface area contributed by atoms with Crippen LogP contribution in [0, 0.1) is 0 Å². The van der Waals surface area contributed by atoms with E-state index in [-0.39, 0.29) is 36.2 Å². The number of rotatable bonds is 40. The van der Waals surface area contributed by atoms with Crippen LogP contribution in [0.2, 0.25) is 0 Å². The van der Waals surface area contributed by atoms with Gasteiger partial charge in [0.05, 0.1) is 34.4 Å². The van der Waals surface area contributed by atoms with Crippen molar-refractivity contribution in [2.45, 2.75) is 180 Å². The van der Waals surface area contributed by atoms with E-state index in [0.717, 1.165) is 103 Å². The highest BCUT2D eigenvalue weighted by molar-refractivity contribution is 5.72. The summed E-state index contributed by atoms with van der Waals surface area (Å²) in [6.45, 7) is 4.54. The van der Waals surface area contributed by atoms with E-state index < -0.39 is 18.1 Å². The molecule has 0 radical (unpaired) electrons. The second-order valence-corrected chi connectivity index (χ2v) is 16.3. The molecule has 59 heavy (non-hydrogen) atoms. The van der Waals surface area contributed by atoms with Gasteiger partial charge in [0, 0.05) is 19.3 Å². The van der Waals surface area contributed by atoms with Gasteiger partial charge in [0.15, 0.2) is 12.1 Å². The number of unbranched alkanes of at least 4 members (excludes halogenated alkanes) is 13. The molecule has 0 aromatic carbocycles. The average molecular weight is 825 g/mol. The standard InChI is InChI=1S/C51H85NO7/c1-6-8-10-12-14-16-18-20-22-23-24-25-26-28-29-31-33-35-37-39-41-49(53)58-46-47(45-57-44-43-48(51(55)56)52(3,4)5)59-50(54)42-40-38-36-34-32-30-27-21-19-17-15-13-11-9-7-2/h8,10,14-17,19-22,24-25,28-29,47-48H,6-7,9,11-13,18,23,26-27,30-46H2,1-5H3/p+1/b10-8+,16-14+,17-15+,21-19+,22-20+,25-24+,29-28+. The molecule has 0 rings (SSSR count). The fraction of sp³-hybridized carbons (Fsp3) is 0.667. The maximum Gasteiger partial charge on any atom is 0.362 e. The third-order valence-corrected chi connectivity index (χ3v) is 9.81. The molecule has 0 saturated carbocycles. The zero-order chi connectivity index (χ0) is 43.5. The minimum absolute atomic E-state index is 0.0431. The number of quaternary nitrogens is 1. The molecular formula is C51H86NO7+. The fourth-order valence-electron chi connectivity index (χ4n) is 6.22. The normalized spacial score (nSPS) is 13.7. The van der Waals surface area contributed by atoms with Gasteiger partial charge < -0.3 is 23.8 Å². The zero-order valence-corrected chi connectivity index (χ0v) is 38.2. The first-order valence-corrected chi connectivity index (χ1v) is 23.1. The highest BCUT2D eigenvalue weighted by Crippen LogP contribution is 2.13. The molecule has 0 aromatic rings. The van der Waals surface area contributed by atoms with Crippen LogP contribution >= 0.6 is 0 Å². The first-order chi connectivity index (χ1) is 28.6. The van der Waals surface area contributed by atoms with Crippen LogP contribution in [-0.4, -0.2) is 80.6 Å². The molecule has 8 heteroatoms. The maximum atomic E-state index is 12.7. The molecule has 0 aromatic heterocycles. The number of esters is 2. The molecule has 0 aliphatic rings. The van der Waals surface area contributed by atoms with Gasteiger partial charge in [0.2, 0.25) is 0 Å². The lowest BCUT2D eigenvalue weighted by Crippen LogP contribution is -2.50. The predicted octanol–water partition coefficient (Wildman–Crippen LogP) is 12.9. The number of hydrogen-bond acceptors (Lipinski definition) is 6. The second kappa shape index (κ2) is 41.3. The Morgan fingerprint density at radius 2 is 1.00 bits per heavy atom. The lowest BCUT2D eigenvalue weighted by atomic mass is 10.1. The van der Waals surface area contributed by atoms with Crippen LogP contribution in [0.4, 0.5) is 0 Å². The number of carboxylic acids is 1. The number of allylic oxidation sites excluding steroid dienone is 14. The minimum Gasteiger partial charge on any atom is -0.477 e. The van der Waals surface area contributed by atoms with Gasteiger partial charge in [-0.15, -0.1) is 0 Å². The molecular weight excluding hydrogens is 739 g/mol. The van der Waals surface area contributed by atoms with Crippen molar-refractivity contribution in [2.24, 2.45) is 0 Å². The van der Waals surface area contributed by atoms with Crippen molar-refractivity contribution in [3.63, 3.8) is 0 Å². The Kier molecular flexibility index (Phi) is 38.8. The summed E-state index contributed by atoms with van der Waals surface area (Å²) in [4.78, 5) is 37.0. The highest BCUT2D eigenvalue weighted by Gasteiger charge is 2.31. The van der Waals surface area contributed by atoms with Crippen molar-refractivity contribution in [1.82, 2.24) is 0 Å². The van der Waals surface area contributed by atoms with Gasteiger partial charge in [-0.2, -0.15) is 0 Å². The number of aliphatic carboxylic acids is 1. The molecule has 0 spiro atoms. The van der Waals surface area contributed by atoms with Gasteiger partial charge in [-0.05, 0) is 83.5 Å². The Hall–Kier alpha value is -3.49. The van der Waals surface area contributed by atoms with Crippen LogP contribution < -0.4 is 0 Å². The Bertz CT molecular complexity index is 1240. The van der Waals surface area contributed by atoms with Crippen molar-refractivity contribution in [2.75, 3.05) is 41.0 Å². The molecule has 2 atom stereocenters. The number of carbonyl (C=O) groups is 3. The van der Waals surface area contributed by atoms with Gasteiger partial charge in [-0.3, -0.25) is 9.59 Å². The minimum atomic E-state index is -0.884. The van der Waals surface area contributed by atoms with Gasteiger partial charge in [-0.25, -0.2) is 4.79 Å². The van der Waals surface area contributed by atoms with Gasteiger partial charge >= 0.3 is 17.9 Å². The SMILES string of the molecule is CC/C=C/C/C=C/C/C=C/C/C=C/C/C=C/CCCCCCC(=O)OCC(COCCC(C(=O)O)[N+](C)(C)C)OC(=O)CCCCCCCC/C=C/C=C/CCCCC. The summed E-state index contributed by atoms with van der Waals surface area (Å²) in [7, 11) is 5.51. The number of nitrogens with zero attached hydrogens (tertiary/aromatic N) is 1. The quantitative estimate of drug-likeness (QED) is 0.0216. The molecule has 0 heterocycles. The summed E-state index contributed by atoms with van der Waals surface area (Å²) in [6.07, 6.45) is 53.3. The molecule has 1 N–H and O–H groups in total. The maximum absolute atomic E-state index is 12.7. The number of hydrogen-bond donors (Lipinski definition) is 1. The first kappa shape index (κ1) is 55.5. The van der Waals surface area contributed by atoms with Crippen molar-refractivity contribution in [3.05, 3.63) is 85.1 Å². The topological polar surface area (TPSA) is 99.1 Å². The van der Waals surface area contributed by atoms with Crippen LogP contribution in [0.15, 0.2) is 85.1 Å². The molecule has 336 valence electrons. The third-order valence-electron chi connectivity index (χ3n) is 9.81. The monoisotopic (exact) mass is 825 g/mol. The summed E-state index contributed by atoms with van der Waals surface area (Å²) in [5.41, 5.74) is 0. The van der Waals surface area contributed by atoms with Crippen LogP contribution in [0.5, 0.6) is 0 Å². The lowest BCUT2D eigenvalue weighted by molar-refractivity contribution is -0.887. The predicted molar refractivity (Wildman–Crippen MR) is 247 cm³/mol. The van der Waals surface area contributed by atoms with Crippen molar-refractivity contribution < 1.29 is 38.2 Å². The molecule has 0 aliphatic heterocycles. The Morgan fingerprint density at radius 3 is 1.51 bits per heavy atom. The molecule has 2 unspecified atom stereocenters. The van der Waals surface area contributed by atoms with Gasteiger partial charge in [-0.1, -0.05) is 150 Å². The molecule has 0 bridgehead atoms. The second-order valence-electron chi connectivity index (χ2n) is 16.3. The van der Waals surface area contributed by atoms with E-state index in [1.165, 1.54) is 32.1 Å². The summed E-state index contributed by atoms with van der Waals surface area (Å²) in [5.74, 6) is -1.52. The molecule has 0 fully saturated rings. The van der Waals surface area contributed by atoms with E-state index in [1.807, 2.05) is 21.1 Å². The molecule has 0 aliphatic carbocycles. The molecule has 8 nitrogen and oxygen atoms in total. The number of carboxylic acid groups (broad SMARTS) is 1. The van der Waals surface area contributed by atoms with E-state index in [0.29, 0.717) is 19.3 Å². The smallest absolute Gasteiger partial charge is 0.362 e. The summed E-state index contributed by atoms with van der Waals surface area (Å²) >= 11 is 0. The summed E-state index contributed by atoms with van der Waals surface area (Å²) in [6, 6.07) is -0.625. The third kappa shape index (κ3) is 39.7. The highest BCUT2D eigenvalue weighted by atomic mass is 16.6. The van der Waals surface area contributed by atoms with E-state index >= 15 is 0 Å². The zero-order valence-electron chi connectivity index (χ0n) is 38.2. The van der Waals surface area contributed by atoms with Gasteiger partial charge in [0.25, 0.3) is 0 Å². The van der Waals surface area contributed by atoms with Crippen molar-refractivity contribution >= 4 is 17.9 Å². The van der Waals surface area contributed by atoms with Crippen LogP contribution in [0.1, 0.15) is 168 Å². The summed E-state index contributed by atoms with van der Waals surface area (Å²) in [5, 5.41) is 9.63. The van der Waals surface area contributed by atoms with E-state index in [2.05, 4.69) is 98.9 Å².